The molecule has 1 aromatic rings. The zero-order chi connectivity index (χ0) is 14.7. The van der Waals surface area contributed by atoms with Crippen molar-refractivity contribution in [1.29, 1.82) is 0 Å². The third kappa shape index (κ3) is 3.32. The van der Waals surface area contributed by atoms with Crippen LogP contribution in [0.2, 0.25) is 0 Å². The maximum Gasteiger partial charge on any atom is 0.102 e. The minimum Gasteiger partial charge on any atom is -0.377 e. The second-order valence-corrected chi connectivity index (χ2v) is 5.76. The topological polar surface area (TPSA) is 47.7 Å². The molecule has 0 aromatic heterocycles. The van der Waals surface area contributed by atoms with Gasteiger partial charge in [-0.1, -0.05) is 12.1 Å². The van der Waals surface area contributed by atoms with Gasteiger partial charge in [0, 0.05) is 39.0 Å². The van der Waals surface area contributed by atoms with E-state index in [-0.39, 0.29) is 18.2 Å². The summed E-state index contributed by atoms with van der Waals surface area (Å²) in [5, 5.41) is 0. The molecule has 0 aliphatic carbocycles. The molecule has 3 unspecified atom stereocenters. The number of hydrogen-bond donors (Lipinski definition) is 1. The van der Waals surface area contributed by atoms with Crippen LogP contribution in [-0.4, -0.2) is 45.6 Å². The summed E-state index contributed by atoms with van der Waals surface area (Å²) in [6.45, 7) is 5.95. The summed E-state index contributed by atoms with van der Waals surface area (Å²) in [5.41, 5.74) is 9.71. The first-order chi connectivity index (χ1) is 9.55. The number of nitrogens with zero attached hydrogens (tertiary/aromatic N) is 1. The molecule has 4 heteroatoms. The summed E-state index contributed by atoms with van der Waals surface area (Å²) < 4.78 is 11.0. The molecule has 0 amide bonds. The summed E-state index contributed by atoms with van der Waals surface area (Å²) >= 11 is 0. The molecular formula is C16H26N2O2. The van der Waals surface area contributed by atoms with Gasteiger partial charge in [0.05, 0.1) is 0 Å². The van der Waals surface area contributed by atoms with Crippen LogP contribution in [-0.2, 0) is 15.9 Å². The van der Waals surface area contributed by atoms with E-state index in [1.54, 1.807) is 14.2 Å². The monoisotopic (exact) mass is 278 g/mol. The van der Waals surface area contributed by atoms with Crippen LogP contribution in [0.1, 0.15) is 18.1 Å². The van der Waals surface area contributed by atoms with E-state index in [2.05, 4.69) is 30.0 Å². The van der Waals surface area contributed by atoms with Gasteiger partial charge in [-0.2, -0.15) is 0 Å². The number of aryl methyl sites for hydroxylation is 1. The molecule has 1 saturated heterocycles. The fraction of sp³-hybridized carbons (Fsp3) is 0.625. The SMILES string of the molecule is COC1CN(c2ccc(CC(C)N)cc2C)CC1OC. The minimum atomic E-state index is 0.142. The van der Waals surface area contributed by atoms with Crippen LogP contribution in [0, 0.1) is 6.92 Å². The van der Waals surface area contributed by atoms with Crippen molar-refractivity contribution in [2.75, 3.05) is 32.2 Å². The molecule has 0 spiro atoms. The summed E-state index contributed by atoms with van der Waals surface area (Å²) in [6, 6.07) is 6.80. The predicted octanol–water partition coefficient (Wildman–Crippen LogP) is 1.73. The van der Waals surface area contributed by atoms with Crippen LogP contribution in [0.4, 0.5) is 5.69 Å². The molecule has 112 valence electrons. The smallest absolute Gasteiger partial charge is 0.102 e. The van der Waals surface area contributed by atoms with Crippen molar-refractivity contribution >= 4 is 5.69 Å². The molecule has 0 saturated carbocycles. The van der Waals surface area contributed by atoms with Gasteiger partial charge in [-0.15, -0.1) is 0 Å². The van der Waals surface area contributed by atoms with E-state index in [1.165, 1.54) is 16.8 Å². The standard InChI is InChI=1S/C16H26N2O2/c1-11-7-13(8-12(2)17)5-6-14(11)18-9-15(19-3)16(10-18)20-4/h5-7,12,15-16H,8-10,17H2,1-4H3. The first kappa shape index (κ1) is 15.3. The quantitative estimate of drug-likeness (QED) is 0.891. The van der Waals surface area contributed by atoms with Gasteiger partial charge in [0.25, 0.3) is 0 Å². The Balaban J connectivity index is 2.13. The highest BCUT2D eigenvalue weighted by atomic mass is 16.5. The molecule has 0 radical (unpaired) electrons. The third-order valence-electron chi connectivity index (χ3n) is 3.98. The molecule has 2 N–H and O–H groups in total. The normalized spacial score (nSPS) is 24.1. The van der Waals surface area contributed by atoms with E-state index in [0.29, 0.717) is 0 Å². The fourth-order valence-corrected chi connectivity index (χ4v) is 2.96. The van der Waals surface area contributed by atoms with Crippen molar-refractivity contribution < 1.29 is 9.47 Å². The number of hydrogen-bond acceptors (Lipinski definition) is 4. The second-order valence-electron chi connectivity index (χ2n) is 5.76. The van der Waals surface area contributed by atoms with Gasteiger partial charge in [0.2, 0.25) is 0 Å². The first-order valence-electron chi connectivity index (χ1n) is 7.20. The molecule has 1 aliphatic rings. The van der Waals surface area contributed by atoms with Gasteiger partial charge in [-0.05, 0) is 37.5 Å². The molecule has 1 fully saturated rings. The van der Waals surface area contributed by atoms with E-state index < -0.39 is 0 Å². The predicted molar refractivity (Wildman–Crippen MR) is 82.3 cm³/mol. The van der Waals surface area contributed by atoms with E-state index >= 15 is 0 Å². The summed E-state index contributed by atoms with van der Waals surface area (Å²) in [7, 11) is 3.50. The lowest BCUT2D eigenvalue weighted by atomic mass is 10.0. The van der Waals surface area contributed by atoms with Crippen LogP contribution in [0.3, 0.4) is 0 Å². The van der Waals surface area contributed by atoms with Crippen molar-refractivity contribution in [3.63, 3.8) is 0 Å². The van der Waals surface area contributed by atoms with Crippen molar-refractivity contribution in [1.82, 2.24) is 0 Å². The van der Waals surface area contributed by atoms with Crippen LogP contribution in [0.5, 0.6) is 0 Å². The average Bonchev–Trinajstić information content (AvgIpc) is 2.81. The Morgan fingerprint density at radius 3 is 2.30 bits per heavy atom. The van der Waals surface area contributed by atoms with Gasteiger partial charge >= 0.3 is 0 Å². The highest BCUT2D eigenvalue weighted by Gasteiger charge is 2.33. The molecule has 1 heterocycles. The van der Waals surface area contributed by atoms with Crippen LogP contribution >= 0.6 is 0 Å². The highest BCUT2D eigenvalue weighted by molar-refractivity contribution is 5.55. The lowest BCUT2D eigenvalue weighted by molar-refractivity contribution is -0.00461. The van der Waals surface area contributed by atoms with E-state index in [4.69, 9.17) is 15.2 Å². The van der Waals surface area contributed by atoms with Gasteiger partial charge in [0.1, 0.15) is 12.2 Å². The molecule has 4 nitrogen and oxygen atoms in total. The number of anilines is 1. The number of nitrogens with two attached hydrogens (primary N) is 1. The number of benzene rings is 1. The summed E-state index contributed by atoms with van der Waals surface area (Å²) in [6.07, 6.45) is 1.20. The highest BCUT2D eigenvalue weighted by Crippen LogP contribution is 2.27. The third-order valence-corrected chi connectivity index (χ3v) is 3.98. The Labute approximate surface area is 121 Å². The number of ether oxygens (including phenoxy) is 2. The van der Waals surface area contributed by atoms with Crippen LogP contribution < -0.4 is 10.6 Å². The number of rotatable bonds is 5. The summed E-state index contributed by atoms with van der Waals surface area (Å²) in [5.74, 6) is 0. The first-order valence-corrected chi connectivity index (χ1v) is 7.20. The van der Waals surface area contributed by atoms with Crippen molar-refractivity contribution in [3.05, 3.63) is 29.3 Å². The maximum atomic E-state index is 5.86. The molecule has 0 bridgehead atoms. The zero-order valence-electron chi connectivity index (χ0n) is 12.9. The van der Waals surface area contributed by atoms with E-state index in [0.717, 1.165) is 19.5 Å². The fourth-order valence-electron chi connectivity index (χ4n) is 2.96. The van der Waals surface area contributed by atoms with Gasteiger partial charge < -0.3 is 20.1 Å². The van der Waals surface area contributed by atoms with Crippen molar-refractivity contribution in [3.8, 4) is 0 Å². The van der Waals surface area contributed by atoms with Crippen LogP contribution in [0.15, 0.2) is 18.2 Å². The van der Waals surface area contributed by atoms with Crippen LogP contribution in [0.25, 0.3) is 0 Å². The minimum absolute atomic E-state index is 0.142. The maximum absolute atomic E-state index is 5.86. The molecule has 2 rings (SSSR count). The molecule has 1 aromatic carbocycles. The largest absolute Gasteiger partial charge is 0.377 e. The second kappa shape index (κ2) is 6.57. The van der Waals surface area contributed by atoms with Gasteiger partial charge in [-0.3, -0.25) is 0 Å². The van der Waals surface area contributed by atoms with E-state index in [9.17, 15) is 0 Å². The lowest BCUT2D eigenvalue weighted by Crippen LogP contribution is -2.27. The van der Waals surface area contributed by atoms with Gasteiger partial charge in [0.15, 0.2) is 0 Å². The lowest BCUT2D eigenvalue weighted by Gasteiger charge is -2.21. The average molecular weight is 278 g/mol. The zero-order valence-corrected chi connectivity index (χ0v) is 12.9. The molecule has 3 atom stereocenters. The molecule has 20 heavy (non-hydrogen) atoms. The van der Waals surface area contributed by atoms with E-state index in [1.807, 2.05) is 6.92 Å². The van der Waals surface area contributed by atoms with Crippen molar-refractivity contribution in [2.45, 2.75) is 38.5 Å². The van der Waals surface area contributed by atoms with Crippen molar-refractivity contribution in [2.24, 2.45) is 5.73 Å². The molecular weight excluding hydrogens is 252 g/mol. The number of methoxy groups -OCH3 is 2. The Morgan fingerprint density at radius 1 is 1.25 bits per heavy atom. The Bertz CT molecular complexity index is 436. The Kier molecular flexibility index (Phi) is 5.02. The molecule has 1 aliphatic heterocycles. The Morgan fingerprint density at radius 2 is 1.85 bits per heavy atom. The summed E-state index contributed by atoms with van der Waals surface area (Å²) in [4.78, 5) is 2.34. The Hall–Kier alpha value is -1.10. The van der Waals surface area contributed by atoms with Gasteiger partial charge in [-0.25, -0.2) is 0 Å².